The first kappa shape index (κ1) is 21.7. The molecule has 0 heterocycles. The first-order valence-corrected chi connectivity index (χ1v) is 13.6. The maximum Gasteiger partial charge on any atom is 0.150 e. The van der Waals surface area contributed by atoms with Crippen LogP contribution in [0.1, 0.15) is 16.8 Å². The van der Waals surface area contributed by atoms with Gasteiger partial charge in [-0.3, -0.25) is 4.79 Å². The Balaban J connectivity index is 1.67. The molecule has 0 radical (unpaired) electrons. The van der Waals surface area contributed by atoms with E-state index in [-0.39, 0.29) is 5.66 Å². The summed E-state index contributed by atoms with van der Waals surface area (Å²) in [5.41, 5.74) is 0.932. The Bertz CT molecular complexity index is 1060. The second-order valence-corrected chi connectivity index (χ2v) is 12.3. The van der Waals surface area contributed by atoms with Crippen LogP contribution in [0.4, 0.5) is 0 Å². The van der Waals surface area contributed by atoms with Gasteiger partial charge in [-0.25, -0.2) is 0 Å². The minimum absolute atomic E-state index is 0.149. The fourth-order valence-corrected chi connectivity index (χ4v) is 9.96. The fraction of sp³-hybridized carbons (Fsp3) is 0.148. The van der Waals surface area contributed by atoms with Crippen molar-refractivity contribution in [2.75, 3.05) is 12.3 Å². The predicted octanol–water partition coefficient (Wildman–Crippen LogP) is 5.51. The minimum Gasteiger partial charge on any atom is -0.512 e. The van der Waals surface area contributed by atoms with E-state index in [1.807, 2.05) is 42.5 Å². The lowest BCUT2D eigenvalue weighted by Gasteiger charge is -2.30. The van der Waals surface area contributed by atoms with Gasteiger partial charge in [-0.15, -0.1) is 0 Å². The molecule has 4 rings (SSSR count). The molecule has 3 atom stereocenters. The van der Waals surface area contributed by atoms with Crippen molar-refractivity contribution in [1.29, 1.82) is 0 Å². The van der Waals surface area contributed by atoms with Crippen LogP contribution in [0.5, 0.6) is 0 Å². The Hall–Kier alpha value is -2.53. The highest BCUT2D eigenvalue weighted by Gasteiger charge is 2.28. The molecule has 31 heavy (non-hydrogen) atoms. The molecule has 1 N–H and O–H groups in total. The second kappa shape index (κ2) is 10.7. The van der Waals surface area contributed by atoms with Gasteiger partial charge in [0, 0.05) is 11.2 Å². The van der Waals surface area contributed by atoms with Crippen LogP contribution in [0.25, 0.3) is 0 Å². The summed E-state index contributed by atoms with van der Waals surface area (Å²) in [5.74, 6) is 0.495. The molecule has 0 saturated heterocycles. The minimum atomic E-state index is -0.670. The Morgan fingerprint density at radius 2 is 1.48 bits per heavy atom. The maximum atomic E-state index is 11.8. The second-order valence-electron chi connectivity index (χ2n) is 7.46. The smallest absolute Gasteiger partial charge is 0.150 e. The van der Waals surface area contributed by atoms with Crippen LogP contribution >= 0.6 is 15.8 Å². The summed E-state index contributed by atoms with van der Waals surface area (Å²) in [6.07, 6.45) is 9.78. The normalized spacial score (nSPS) is 17.5. The summed E-state index contributed by atoms with van der Waals surface area (Å²) in [4.78, 5) is 11.8. The summed E-state index contributed by atoms with van der Waals surface area (Å²) in [6, 6.07) is 29.2. The van der Waals surface area contributed by atoms with Crippen LogP contribution in [0.15, 0.2) is 109 Å². The van der Waals surface area contributed by atoms with E-state index in [4.69, 9.17) is 0 Å². The summed E-state index contributed by atoms with van der Waals surface area (Å²) in [5, 5.41) is 14.4. The van der Waals surface area contributed by atoms with Crippen molar-refractivity contribution < 1.29 is 9.90 Å². The molecule has 3 aromatic rings. The molecule has 0 fully saturated rings. The van der Waals surface area contributed by atoms with E-state index < -0.39 is 15.8 Å². The number of hydrogen-bond donors (Lipinski definition) is 1. The summed E-state index contributed by atoms with van der Waals surface area (Å²) >= 11 is 0. The van der Waals surface area contributed by atoms with E-state index >= 15 is 0 Å². The lowest BCUT2D eigenvalue weighted by atomic mass is 10.1. The molecule has 4 heteroatoms. The van der Waals surface area contributed by atoms with Crippen molar-refractivity contribution >= 4 is 38.0 Å². The SMILES string of the molecule is O=Cc1ccccc1[P@@](CCP(c1ccccc1)C1CC=CC=C1O)c1ccccc1. The average Bonchev–Trinajstić information content (AvgIpc) is 2.84. The molecule has 2 unspecified atom stereocenters. The lowest BCUT2D eigenvalue weighted by molar-refractivity contribution is 0.112. The highest BCUT2D eigenvalue weighted by molar-refractivity contribution is 7.74. The topological polar surface area (TPSA) is 37.3 Å². The van der Waals surface area contributed by atoms with Crippen LogP contribution < -0.4 is 15.9 Å². The van der Waals surface area contributed by atoms with Gasteiger partial charge in [-0.1, -0.05) is 105 Å². The van der Waals surface area contributed by atoms with Crippen molar-refractivity contribution in [3.63, 3.8) is 0 Å². The first-order valence-electron chi connectivity index (χ1n) is 10.5. The predicted molar refractivity (Wildman–Crippen MR) is 135 cm³/mol. The number of hydrogen-bond acceptors (Lipinski definition) is 2. The molecule has 156 valence electrons. The fourth-order valence-electron chi connectivity index (χ4n) is 4.01. The van der Waals surface area contributed by atoms with Gasteiger partial charge in [0.2, 0.25) is 0 Å². The van der Waals surface area contributed by atoms with Crippen LogP contribution in [0.2, 0.25) is 0 Å². The highest BCUT2D eigenvalue weighted by atomic mass is 31.1. The molecular formula is C27H26O2P2. The Morgan fingerprint density at radius 1 is 0.839 bits per heavy atom. The van der Waals surface area contributed by atoms with Crippen LogP contribution in [0.3, 0.4) is 0 Å². The van der Waals surface area contributed by atoms with Gasteiger partial charge in [0.25, 0.3) is 0 Å². The van der Waals surface area contributed by atoms with E-state index in [9.17, 15) is 9.90 Å². The number of rotatable bonds is 8. The number of aliphatic hydroxyl groups is 1. The van der Waals surface area contributed by atoms with E-state index in [0.717, 1.165) is 35.9 Å². The van der Waals surface area contributed by atoms with Crippen molar-refractivity contribution in [2.24, 2.45) is 0 Å². The van der Waals surface area contributed by atoms with Crippen molar-refractivity contribution in [2.45, 2.75) is 12.1 Å². The first-order chi connectivity index (χ1) is 15.3. The summed E-state index contributed by atoms with van der Waals surface area (Å²) < 4.78 is 0. The third-order valence-corrected chi connectivity index (χ3v) is 11.4. The Kier molecular flexibility index (Phi) is 7.47. The standard InChI is InChI=1S/C27H26O2P2/c28-21-22-11-7-9-17-26(22)30(23-12-3-1-4-13-23)19-20-31(24-14-5-2-6-15-24)27-18-10-8-16-25(27)29/h1-17,21,27,29H,18-20H2/t27?,30-,31?/m0/s1. The maximum absolute atomic E-state index is 11.8. The molecule has 0 spiro atoms. The van der Waals surface area contributed by atoms with Gasteiger partial charge in [-0.2, -0.15) is 0 Å². The van der Waals surface area contributed by atoms with Crippen LogP contribution in [-0.4, -0.2) is 29.4 Å². The van der Waals surface area contributed by atoms with Gasteiger partial charge in [0.15, 0.2) is 6.29 Å². The Labute approximate surface area is 186 Å². The molecule has 3 aromatic carbocycles. The van der Waals surface area contributed by atoms with Crippen LogP contribution in [0, 0.1) is 0 Å². The van der Waals surface area contributed by atoms with E-state index in [2.05, 4.69) is 60.7 Å². The molecule has 0 aliphatic heterocycles. The van der Waals surface area contributed by atoms with Crippen molar-refractivity contribution in [3.8, 4) is 0 Å². The third kappa shape index (κ3) is 5.21. The van der Waals surface area contributed by atoms with Crippen molar-refractivity contribution in [1.82, 2.24) is 0 Å². The molecule has 0 aromatic heterocycles. The molecule has 2 nitrogen and oxygen atoms in total. The van der Waals surface area contributed by atoms with Gasteiger partial charge in [0.1, 0.15) is 5.76 Å². The number of carbonyl (C=O) groups excluding carboxylic acids is 1. The number of aliphatic hydroxyl groups excluding tert-OH is 1. The van der Waals surface area contributed by atoms with Gasteiger partial charge < -0.3 is 5.11 Å². The number of allylic oxidation sites excluding steroid dienone is 4. The molecule has 0 saturated carbocycles. The quantitative estimate of drug-likeness (QED) is 0.368. The van der Waals surface area contributed by atoms with E-state index in [1.165, 1.54) is 10.6 Å². The molecular weight excluding hydrogens is 418 g/mol. The van der Waals surface area contributed by atoms with Crippen molar-refractivity contribution in [3.05, 3.63) is 114 Å². The zero-order valence-corrected chi connectivity index (χ0v) is 19.1. The number of aldehydes is 1. The highest BCUT2D eigenvalue weighted by Crippen LogP contribution is 2.49. The van der Waals surface area contributed by atoms with E-state index in [1.54, 1.807) is 0 Å². The number of carbonyl (C=O) groups is 1. The van der Waals surface area contributed by atoms with Gasteiger partial charge in [-0.05, 0) is 48.7 Å². The molecule has 1 aliphatic rings. The summed E-state index contributed by atoms with van der Waals surface area (Å²) in [7, 11) is -1.25. The monoisotopic (exact) mass is 444 g/mol. The third-order valence-electron chi connectivity index (χ3n) is 5.55. The summed E-state index contributed by atoms with van der Waals surface area (Å²) in [6.45, 7) is 0. The zero-order valence-electron chi connectivity index (χ0n) is 17.3. The van der Waals surface area contributed by atoms with Gasteiger partial charge in [0.05, 0.1) is 0 Å². The lowest BCUT2D eigenvalue weighted by Crippen LogP contribution is -2.23. The number of benzene rings is 3. The van der Waals surface area contributed by atoms with Crippen LogP contribution in [-0.2, 0) is 0 Å². The molecule has 0 amide bonds. The molecule has 1 aliphatic carbocycles. The zero-order chi connectivity index (χ0) is 21.5. The van der Waals surface area contributed by atoms with Gasteiger partial charge >= 0.3 is 0 Å². The average molecular weight is 444 g/mol. The molecule has 0 bridgehead atoms. The van der Waals surface area contributed by atoms with E-state index in [0.29, 0.717) is 5.76 Å². The Morgan fingerprint density at radius 3 is 2.16 bits per heavy atom. The largest absolute Gasteiger partial charge is 0.512 e.